The van der Waals surface area contributed by atoms with Gasteiger partial charge >= 0.3 is 0 Å². The summed E-state index contributed by atoms with van der Waals surface area (Å²) in [5.74, 6) is 2.00. The lowest BCUT2D eigenvalue weighted by Crippen LogP contribution is -2.11. The van der Waals surface area contributed by atoms with Gasteiger partial charge in [-0.1, -0.05) is 11.2 Å². The topological polar surface area (TPSA) is 113 Å². The number of nitrogens with zero attached hydrogens (tertiary/aromatic N) is 2. The molecule has 0 aliphatic heterocycles. The molecular formula is C21H19N3O6S2. The summed E-state index contributed by atoms with van der Waals surface area (Å²) >= 11 is 1.15. The van der Waals surface area contributed by atoms with Gasteiger partial charge in [-0.25, -0.2) is 8.42 Å². The number of thiophene rings is 1. The van der Waals surface area contributed by atoms with Crippen LogP contribution >= 0.6 is 11.3 Å². The van der Waals surface area contributed by atoms with Crippen molar-refractivity contribution in [2.75, 3.05) is 26.1 Å². The first-order chi connectivity index (χ1) is 15.4. The second kappa shape index (κ2) is 8.89. The molecule has 0 aliphatic rings. The molecule has 4 aromatic rings. The van der Waals surface area contributed by atoms with Gasteiger partial charge in [0.1, 0.15) is 4.21 Å². The van der Waals surface area contributed by atoms with Crippen molar-refractivity contribution in [3.8, 4) is 40.1 Å². The first kappa shape index (κ1) is 21.7. The molecule has 11 heteroatoms. The number of rotatable bonds is 8. The number of hydrogen-bond donors (Lipinski definition) is 1. The first-order valence-electron chi connectivity index (χ1n) is 9.26. The molecule has 0 radical (unpaired) electrons. The van der Waals surface area contributed by atoms with Crippen LogP contribution < -0.4 is 18.9 Å². The molecule has 4 rings (SSSR count). The standard InChI is InChI=1S/C21H19N3O6S2/c1-27-16-11-14(12-17(28-2)19(16)29-3)21-22-20(23-30-21)13-6-8-15(9-7-13)24-32(25,26)18-5-4-10-31-18/h4-12,24H,1-3H3. The zero-order valence-corrected chi connectivity index (χ0v) is 19.0. The van der Waals surface area contributed by atoms with E-state index in [1.54, 1.807) is 53.9 Å². The van der Waals surface area contributed by atoms with Gasteiger partial charge in [0.2, 0.25) is 11.6 Å². The quantitative estimate of drug-likeness (QED) is 0.403. The highest BCUT2D eigenvalue weighted by molar-refractivity contribution is 7.94. The lowest BCUT2D eigenvalue weighted by molar-refractivity contribution is 0.324. The fourth-order valence-electron chi connectivity index (χ4n) is 2.97. The molecule has 2 aromatic heterocycles. The Morgan fingerprint density at radius 2 is 1.62 bits per heavy atom. The fraction of sp³-hybridized carbons (Fsp3) is 0.143. The molecule has 0 aliphatic carbocycles. The van der Waals surface area contributed by atoms with Crippen molar-refractivity contribution in [3.05, 3.63) is 53.9 Å². The summed E-state index contributed by atoms with van der Waals surface area (Å²) < 4.78 is 49.0. The van der Waals surface area contributed by atoms with E-state index in [4.69, 9.17) is 18.7 Å². The fourth-order valence-corrected chi connectivity index (χ4v) is 5.02. The third-order valence-electron chi connectivity index (χ3n) is 4.49. The van der Waals surface area contributed by atoms with Crippen molar-refractivity contribution in [1.29, 1.82) is 0 Å². The van der Waals surface area contributed by atoms with Crippen molar-refractivity contribution in [3.63, 3.8) is 0 Å². The molecule has 9 nitrogen and oxygen atoms in total. The highest BCUT2D eigenvalue weighted by Crippen LogP contribution is 2.41. The number of methoxy groups -OCH3 is 3. The second-order valence-electron chi connectivity index (χ2n) is 6.45. The summed E-state index contributed by atoms with van der Waals surface area (Å²) in [4.78, 5) is 4.44. The number of hydrogen-bond acceptors (Lipinski definition) is 9. The van der Waals surface area contributed by atoms with Gasteiger partial charge in [0.15, 0.2) is 11.5 Å². The summed E-state index contributed by atoms with van der Waals surface area (Å²) in [5.41, 5.74) is 1.68. The maximum Gasteiger partial charge on any atom is 0.271 e. The van der Waals surface area contributed by atoms with Crippen LogP contribution in [0.1, 0.15) is 0 Å². The van der Waals surface area contributed by atoms with E-state index in [1.807, 2.05) is 0 Å². The molecule has 0 atom stereocenters. The van der Waals surface area contributed by atoms with Crippen LogP contribution in [0.2, 0.25) is 0 Å². The molecule has 0 amide bonds. The van der Waals surface area contributed by atoms with Crippen molar-refractivity contribution >= 4 is 27.0 Å². The molecule has 0 bridgehead atoms. The Labute approximate surface area is 188 Å². The van der Waals surface area contributed by atoms with Crippen molar-refractivity contribution in [2.45, 2.75) is 4.21 Å². The molecule has 32 heavy (non-hydrogen) atoms. The van der Waals surface area contributed by atoms with Gasteiger partial charge in [-0.15, -0.1) is 11.3 Å². The van der Waals surface area contributed by atoms with E-state index in [-0.39, 0.29) is 10.1 Å². The summed E-state index contributed by atoms with van der Waals surface area (Å²) in [7, 11) is 0.954. The molecule has 166 valence electrons. The van der Waals surface area contributed by atoms with Gasteiger partial charge in [0, 0.05) is 16.8 Å². The normalized spacial score (nSPS) is 11.2. The Morgan fingerprint density at radius 3 is 2.19 bits per heavy atom. The highest BCUT2D eigenvalue weighted by atomic mass is 32.2. The lowest BCUT2D eigenvalue weighted by Gasteiger charge is -2.12. The predicted molar refractivity (Wildman–Crippen MR) is 120 cm³/mol. The molecular weight excluding hydrogens is 454 g/mol. The third kappa shape index (κ3) is 4.25. The smallest absolute Gasteiger partial charge is 0.271 e. The minimum atomic E-state index is -3.61. The Morgan fingerprint density at radius 1 is 0.938 bits per heavy atom. The van der Waals surface area contributed by atoms with Gasteiger partial charge in [-0.2, -0.15) is 4.98 Å². The zero-order chi connectivity index (χ0) is 22.7. The summed E-state index contributed by atoms with van der Waals surface area (Å²) in [6.45, 7) is 0. The monoisotopic (exact) mass is 473 g/mol. The Kier molecular flexibility index (Phi) is 6.01. The van der Waals surface area contributed by atoms with E-state index in [1.165, 1.54) is 21.3 Å². The number of benzene rings is 2. The number of nitrogens with one attached hydrogen (secondary N) is 1. The van der Waals surface area contributed by atoms with E-state index < -0.39 is 10.0 Å². The molecule has 0 spiro atoms. The maximum absolute atomic E-state index is 12.4. The van der Waals surface area contributed by atoms with E-state index >= 15 is 0 Å². The molecule has 0 fully saturated rings. The van der Waals surface area contributed by atoms with Crippen LogP contribution in [0.5, 0.6) is 17.2 Å². The van der Waals surface area contributed by atoms with Crippen LogP contribution in [0.15, 0.2) is 62.6 Å². The summed E-state index contributed by atoms with van der Waals surface area (Å²) in [5, 5.41) is 5.73. The molecule has 0 unspecified atom stereocenters. The Bertz CT molecular complexity index is 1290. The largest absolute Gasteiger partial charge is 0.493 e. The zero-order valence-electron chi connectivity index (χ0n) is 17.4. The average molecular weight is 474 g/mol. The van der Waals surface area contributed by atoms with Gasteiger partial charge < -0.3 is 18.7 Å². The summed E-state index contributed by atoms with van der Waals surface area (Å²) in [6, 6.07) is 13.3. The molecule has 1 N–H and O–H groups in total. The first-order valence-corrected chi connectivity index (χ1v) is 11.6. The van der Waals surface area contributed by atoms with Crippen LogP contribution in [0.25, 0.3) is 22.8 Å². The van der Waals surface area contributed by atoms with E-state index in [0.29, 0.717) is 39.9 Å². The highest BCUT2D eigenvalue weighted by Gasteiger charge is 2.19. The van der Waals surface area contributed by atoms with Gasteiger partial charge in [-0.3, -0.25) is 4.72 Å². The SMILES string of the molecule is COc1cc(-c2nc(-c3ccc(NS(=O)(=O)c4cccs4)cc3)no2)cc(OC)c1OC. The third-order valence-corrected chi connectivity index (χ3v) is 7.27. The van der Waals surface area contributed by atoms with E-state index in [2.05, 4.69) is 14.9 Å². The van der Waals surface area contributed by atoms with Crippen LogP contribution in [-0.2, 0) is 10.0 Å². The van der Waals surface area contributed by atoms with Crippen molar-refractivity contribution < 1.29 is 27.2 Å². The number of anilines is 1. The van der Waals surface area contributed by atoms with Crippen LogP contribution in [0, 0.1) is 0 Å². The predicted octanol–water partition coefficient (Wildman–Crippen LogP) is 4.29. The second-order valence-corrected chi connectivity index (χ2v) is 9.31. The summed E-state index contributed by atoms with van der Waals surface area (Å²) in [6.07, 6.45) is 0. The van der Waals surface area contributed by atoms with Crippen molar-refractivity contribution in [1.82, 2.24) is 10.1 Å². The molecule has 2 heterocycles. The number of aromatic nitrogens is 2. The number of ether oxygens (including phenoxy) is 3. The van der Waals surface area contributed by atoms with Crippen LogP contribution in [0.4, 0.5) is 5.69 Å². The van der Waals surface area contributed by atoms with Crippen LogP contribution in [0.3, 0.4) is 0 Å². The lowest BCUT2D eigenvalue weighted by atomic mass is 10.1. The molecule has 2 aromatic carbocycles. The molecule has 0 saturated heterocycles. The maximum atomic E-state index is 12.4. The van der Waals surface area contributed by atoms with E-state index in [0.717, 1.165) is 11.3 Å². The Balaban J connectivity index is 1.58. The average Bonchev–Trinajstić information content (AvgIpc) is 3.51. The Hall–Kier alpha value is -3.57. The minimum absolute atomic E-state index is 0.245. The van der Waals surface area contributed by atoms with Crippen LogP contribution in [-0.4, -0.2) is 39.9 Å². The van der Waals surface area contributed by atoms with Gasteiger partial charge in [0.05, 0.1) is 21.3 Å². The molecule has 0 saturated carbocycles. The number of sulfonamides is 1. The van der Waals surface area contributed by atoms with E-state index in [9.17, 15) is 8.42 Å². The van der Waals surface area contributed by atoms with Gasteiger partial charge in [-0.05, 0) is 47.8 Å². The van der Waals surface area contributed by atoms with Crippen molar-refractivity contribution in [2.24, 2.45) is 0 Å². The minimum Gasteiger partial charge on any atom is -0.493 e. The van der Waals surface area contributed by atoms with Gasteiger partial charge in [0.25, 0.3) is 15.9 Å².